The van der Waals surface area contributed by atoms with Gasteiger partial charge in [-0.25, -0.2) is 4.98 Å². The third kappa shape index (κ3) is 3.25. The predicted molar refractivity (Wildman–Crippen MR) is 75.1 cm³/mol. The van der Waals surface area contributed by atoms with Crippen molar-refractivity contribution < 1.29 is 37.6 Å². The van der Waals surface area contributed by atoms with Crippen LogP contribution in [-0.2, 0) is 32.7 Å². The maximum Gasteiger partial charge on any atom is 3.00 e. The summed E-state index contributed by atoms with van der Waals surface area (Å²) < 4.78 is 0. The minimum atomic E-state index is -0.394. The van der Waals surface area contributed by atoms with Crippen molar-refractivity contribution in [3.05, 3.63) is 82.7 Å². The van der Waals surface area contributed by atoms with Gasteiger partial charge < -0.3 is 0 Å². The number of rotatable bonds is 3. The van der Waals surface area contributed by atoms with Gasteiger partial charge in [0, 0.05) is 10.4 Å². The normalized spacial score (nSPS) is 9.90. The van der Waals surface area contributed by atoms with Crippen LogP contribution in [0.1, 0.15) is 11.3 Å². The first-order valence-electron chi connectivity index (χ1n) is 6.03. The van der Waals surface area contributed by atoms with Gasteiger partial charge in [0.05, 0.1) is 0 Å². The molecular weight excluding hydrogens is 343 g/mol. The van der Waals surface area contributed by atoms with Crippen LogP contribution in [0.4, 0.5) is 5.69 Å². The maximum atomic E-state index is 11.0. The Hall–Kier alpha value is -1.85. The zero-order valence-corrected chi connectivity index (χ0v) is 13.8. The van der Waals surface area contributed by atoms with E-state index in [9.17, 15) is 10.1 Å². The van der Waals surface area contributed by atoms with Gasteiger partial charge in [-0.3, -0.25) is 15.1 Å². The second kappa shape index (κ2) is 6.74. The first kappa shape index (κ1) is 15.5. The summed E-state index contributed by atoms with van der Waals surface area (Å²) in [5.74, 6) is 0. The summed E-state index contributed by atoms with van der Waals surface area (Å²) in [6, 6.07) is 14.2. The molecular formula is C15H10N3O2Y+2. The van der Waals surface area contributed by atoms with Crippen LogP contribution in [0.5, 0.6) is 0 Å². The second-order valence-electron chi connectivity index (χ2n) is 4.24. The third-order valence-corrected chi connectivity index (χ3v) is 3.00. The van der Waals surface area contributed by atoms with Crippen LogP contribution in [0.2, 0.25) is 0 Å². The number of para-hydroxylation sites is 2. The Morgan fingerprint density at radius 2 is 1.71 bits per heavy atom. The van der Waals surface area contributed by atoms with Crippen molar-refractivity contribution in [2.24, 2.45) is 0 Å². The van der Waals surface area contributed by atoms with Gasteiger partial charge >= 0.3 is 32.7 Å². The van der Waals surface area contributed by atoms with Crippen LogP contribution in [-0.4, -0.2) is 14.9 Å². The van der Waals surface area contributed by atoms with Gasteiger partial charge in [0.25, 0.3) is 0 Å². The minimum Gasteiger partial charge on any atom is -0.267 e. The number of fused-ring (bicyclic) bond motifs is 1. The molecule has 1 aromatic heterocycles. The molecule has 0 saturated heterocycles. The minimum absolute atomic E-state index is 0. The molecule has 0 atom stereocenters. The maximum absolute atomic E-state index is 11.0. The molecule has 0 spiro atoms. The van der Waals surface area contributed by atoms with Gasteiger partial charge in [-0.05, 0) is 23.2 Å². The summed E-state index contributed by atoms with van der Waals surface area (Å²) in [5.41, 5.74) is 2.08. The largest absolute Gasteiger partial charge is 3.00 e. The third-order valence-electron chi connectivity index (χ3n) is 3.00. The Labute approximate surface area is 146 Å². The molecule has 5 nitrogen and oxygen atoms in total. The molecule has 6 heteroatoms. The van der Waals surface area contributed by atoms with Crippen LogP contribution in [0, 0.1) is 16.5 Å². The molecule has 0 saturated carbocycles. The first-order valence-corrected chi connectivity index (χ1v) is 6.03. The Bertz CT molecular complexity index is 787. The fraction of sp³-hybridized carbons (Fsp3) is 0. The van der Waals surface area contributed by atoms with E-state index >= 15 is 0 Å². The van der Waals surface area contributed by atoms with Gasteiger partial charge in [-0.2, -0.15) is 0 Å². The fourth-order valence-corrected chi connectivity index (χ4v) is 2.06. The number of benzene rings is 2. The van der Waals surface area contributed by atoms with Gasteiger partial charge in [-0.1, -0.05) is 29.8 Å². The molecule has 1 heterocycles. The van der Waals surface area contributed by atoms with Crippen LogP contribution >= 0.6 is 0 Å². The molecule has 3 aromatic rings. The van der Waals surface area contributed by atoms with Crippen molar-refractivity contribution in [2.75, 3.05) is 0 Å². The van der Waals surface area contributed by atoms with Crippen LogP contribution in [0.15, 0.2) is 54.9 Å². The van der Waals surface area contributed by atoms with E-state index in [1.807, 2.05) is 24.3 Å². The number of nitro groups is 1. The number of nitrogens with zero attached hydrogens (tertiary/aromatic N) is 3. The van der Waals surface area contributed by atoms with E-state index in [4.69, 9.17) is 0 Å². The van der Waals surface area contributed by atoms with Crippen molar-refractivity contribution in [1.29, 1.82) is 0 Å². The zero-order chi connectivity index (χ0) is 13.9. The summed E-state index contributed by atoms with van der Waals surface area (Å²) in [6.07, 6.45) is 3.17. The van der Waals surface area contributed by atoms with Gasteiger partial charge in [0.2, 0.25) is 0 Å². The van der Waals surface area contributed by atoms with Crippen LogP contribution < -0.4 is 0 Å². The molecule has 3 rings (SSSR count). The molecule has 0 aliphatic carbocycles. The number of hydrogen-bond acceptors (Lipinski definition) is 4. The molecule has 2 aromatic carbocycles. The molecule has 0 unspecified atom stereocenters. The van der Waals surface area contributed by atoms with E-state index in [2.05, 4.69) is 9.97 Å². The van der Waals surface area contributed by atoms with Crippen molar-refractivity contribution >= 4 is 16.6 Å². The Morgan fingerprint density at radius 1 is 1.00 bits per heavy atom. The second-order valence-corrected chi connectivity index (χ2v) is 4.24. The summed E-state index contributed by atoms with van der Waals surface area (Å²) in [4.78, 5) is 19.0. The number of hydrogen-bond donors (Lipinski definition) is 0. The first-order chi connectivity index (χ1) is 9.75. The van der Waals surface area contributed by atoms with Crippen molar-refractivity contribution in [2.45, 2.75) is 0 Å². The SMILES string of the molecule is O=[N+]([O-])c1ccccc1[CH-]c1ncnc2ccccc12.[Y+3]. The van der Waals surface area contributed by atoms with Crippen LogP contribution in [0.3, 0.4) is 0 Å². The average molecular weight is 353 g/mol. The summed E-state index contributed by atoms with van der Waals surface area (Å²) in [6.45, 7) is 0. The molecule has 0 N–H and O–H groups in total. The van der Waals surface area contributed by atoms with E-state index in [0.717, 1.165) is 10.9 Å². The molecule has 0 aliphatic heterocycles. The van der Waals surface area contributed by atoms with E-state index < -0.39 is 4.92 Å². The molecule has 0 bridgehead atoms. The topological polar surface area (TPSA) is 68.9 Å². The van der Waals surface area contributed by atoms with Gasteiger partial charge in [-0.15, -0.1) is 18.6 Å². The fourth-order valence-electron chi connectivity index (χ4n) is 2.06. The van der Waals surface area contributed by atoms with E-state index in [1.165, 1.54) is 12.4 Å². The van der Waals surface area contributed by atoms with Crippen molar-refractivity contribution in [3.8, 4) is 0 Å². The molecule has 98 valence electrons. The molecule has 0 amide bonds. The van der Waals surface area contributed by atoms with Crippen molar-refractivity contribution in [3.63, 3.8) is 0 Å². The van der Waals surface area contributed by atoms with Gasteiger partial charge in [0.15, 0.2) is 5.69 Å². The number of nitro benzene ring substituents is 1. The molecule has 0 fully saturated rings. The van der Waals surface area contributed by atoms with Crippen molar-refractivity contribution in [1.82, 2.24) is 9.97 Å². The molecule has 0 radical (unpaired) electrons. The summed E-state index contributed by atoms with van der Waals surface area (Å²) in [7, 11) is 0. The zero-order valence-electron chi connectivity index (χ0n) is 11.0. The van der Waals surface area contributed by atoms with Crippen LogP contribution in [0.25, 0.3) is 10.9 Å². The summed E-state index contributed by atoms with van der Waals surface area (Å²) in [5, 5.41) is 11.9. The monoisotopic (exact) mass is 353 g/mol. The Morgan fingerprint density at radius 3 is 2.52 bits per heavy atom. The standard InChI is InChI=1S/C15H10N3O2.Y/c19-18(20)15-8-4-1-5-11(15)9-14-12-6-2-3-7-13(12)16-10-17-14;/h1-10H;/q-1;+3. The smallest absolute Gasteiger partial charge is 0.267 e. The Kier molecular flexibility index (Phi) is 4.99. The predicted octanol–water partition coefficient (Wildman–Crippen LogP) is 3.14. The Balaban J connectivity index is 0.00000161. The van der Waals surface area contributed by atoms with E-state index in [-0.39, 0.29) is 38.4 Å². The summed E-state index contributed by atoms with van der Waals surface area (Å²) >= 11 is 0. The quantitative estimate of drug-likeness (QED) is 0.412. The molecule has 21 heavy (non-hydrogen) atoms. The number of aromatic nitrogens is 2. The average Bonchev–Trinajstić information content (AvgIpc) is 2.48. The molecule has 0 aliphatic rings. The van der Waals surface area contributed by atoms with Gasteiger partial charge in [0.1, 0.15) is 6.33 Å². The van der Waals surface area contributed by atoms with E-state index in [1.54, 1.807) is 24.6 Å². The van der Waals surface area contributed by atoms with E-state index in [0.29, 0.717) is 11.3 Å².